The number of carbonyl (C=O) groups excluding carboxylic acids is 1. The van der Waals surface area contributed by atoms with Crippen LogP contribution in [0.2, 0.25) is 5.15 Å². The molecule has 0 radical (unpaired) electrons. The van der Waals surface area contributed by atoms with Crippen molar-refractivity contribution in [1.82, 2.24) is 9.88 Å². The summed E-state index contributed by atoms with van der Waals surface area (Å²) in [5.74, 6) is 0. The van der Waals surface area contributed by atoms with Crippen LogP contribution < -0.4 is 5.32 Å². The molecule has 0 unspecified atom stereocenters. The quantitative estimate of drug-likeness (QED) is 0.504. The molecule has 1 aliphatic rings. The maximum absolute atomic E-state index is 12.0. The molecule has 1 amide bonds. The van der Waals surface area contributed by atoms with Crippen molar-refractivity contribution in [1.29, 1.82) is 0 Å². The predicted octanol–water partition coefficient (Wildman–Crippen LogP) is 3.45. The molecule has 8 nitrogen and oxygen atoms in total. The summed E-state index contributed by atoms with van der Waals surface area (Å²) in [6.45, 7) is 5.45. The highest BCUT2D eigenvalue weighted by molar-refractivity contribution is 6.32. The van der Waals surface area contributed by atoms with Crippen LogP contribution in [0.4, 0.5) is 16.2 Å². The Bertz CT molecular complexity index is 641. The Morgan fingerprint density at radius 2 is 2.12 bits per heavy atom. The zero-order valence-corrected chi connectivity index (χ0v) is 14.8. The number of anilines is 1. The molecule has 0 aromatic carbocycles. The number of hydrogen-bond acceptors (Lipinski definition) is 6. The van der Waals surface area contributed by atoms with E-state index in [9.17, 15) is 14.9 Å². The van der Waals surface area contributed by atoms with Gasteiger partial charge in [0.15, 0.2) is 0 Å². The molecule has 1 N–H and O–H groups in total. The first kappa shape index (κ1) is 18.3. The van der Waals surface area contributed by atoms with Gasteiger partial charge in [0.1, 0.15) is 11.3 Å². The number of amides is 1. The number of halogens is 1. The summed E-state index contributed by atoms with van der Waals surface area (Å²) in [4.78, 5) is 27.8. The van der Waals surface area contributed by atoms with Crippen molar-refractivity contribution in [2.24, 2.45) is 0 Å². The van der Waals surface area contributed by atoms with Crippen molar-refractivity contribution in [3.05, 3.63) is 27.5 Å². The van der Waals surface area contributed by atoms with Crippen LogP contribution in [0.15, 0.2) is 12.3 Å². The van der Waals surface area contributed by atoms with Gasteiger partial charge in [-0.1, -0.05) is 11.6 Å². The summed E-state index contributed by atoms with van der Waals surface area (Å²) in [5, 5.41) is 14.0. The van der Waals surface area contributed by atoms with Gasteiger partial charge in [-0.3, -0.25) is 10.1 Å². The van der Waals surface area contributed by atoms with Crippen molar-refractivity contribution >= 4 is 29.1 Å². The third-order valence-electron chi connectivity index (χ3n) is 3.76. The van der Waals surface area contributed by atoms with Crippen LogP contribution in [0, 0.1) is 10.1 Å². The van der Waals surface area contributed by atoms with E-state index < -0.39 is 10.5 Å². The molecule has 1 aliphatic carbocycles. The SMILES string of the molecule is CN(C(=O)OC(C)(C)C)C1CC(Nc2ccnc(Cl)c2[N+](=O)[O-])C1. The molecule has 1 aromatic rings. The summed E-state index contributed by atoms with van der Waals surface area (Å²) in [6.07, 6.45) is 2.39. The second-order valence-corrected chi connectivity index (χ2v) is 7.17. The fourth-order valence-corrected chi connectivity index (χ4v) is 2.67. The maximum Gasteiger partial charge on any atom is 0.410 e. The highest BCUT2D eigenvalue weighted by Crippen LogP contribution is 2.35. The van der Waals surface area contributed by atoms with Crippen LogP contribution in [0.5, 0.6) is 0 Å². The van der Waals surface area contributed by atoms with Gasteiger partial charge >= 0.3 is 11.8 Å². The van der Waals surface area contributed by atoms with E-state index in [1.807, 2.05) is 20.8 Å². The molecular weight excluding hydrogens is 336 g/mol. The van der Waals surface area contributed by atoms with Gasteiger partial charge < -0.3 is 15.0 Å². The number of pyridine rings is 1. The largest absolute Gasteiger partial charge is 0.444 e. The van der Waals surface area contributed by atoms with Crippen molar-refractivity contribution in [2.45, 2.75) is 51.3 Å². The number of nitrogens with one attached hydrogen (secondary N) is 1. The zero-order chi connectivity index (χ0) is 18.1. The fourth-order valence-electron chi connectivity index (χ4n) is 2.44. The average Bonchev–Trinajstić information content (AvgIpc) is 2.39. The maximum atomic E-state index is 12.0. The Labute approximate surface area is 145 Å². The molecule has 1 fully saturated rings. The van der Waals surface area contributed by atoms with E-state index in [1.165, 1.54) is 12.3 Å². The lowest BCUT2D eigenvalue weighted by Crippen LogP contribution is -2.51. The molecule has 132 valence electrons. The Kier molecular flexibility index (Phi) is 5.17. The van der Waals surface area contributed by atoms with E-state index in [4.69, 9.17) is 16.3 Å². The fraction of sp³-hybridized carbons (Fsp3) is 0.600. The van der Waals surface area contributed by atoms with Gasteiger partial charge in [-0.15, -0.1) is 0 Å². The molecule has 2 rings (SSSR count). The van der Waals surface area contributed by atoms with E-state index in [1.54, 1.807) is 11.9 Å². The smallest absolute Gasteiger partial charge is 0.410 e. The topological polar surface area (TPSA) is 97.6 Å². The Hall–Kier alpha value is -2.09. The summed E-state index contributed by atoms with van der Waals surface area (Å²) < 4.78 is 5.33. The summed E-state index contributed by atoms with van der Waals surface area (Å²) in [6, 6.07) is 1.58. The normalized spacial score (nSPS) is 20.0. The number of nitro groups is 1. The third-order valence-corrected chi connectivity index (χ3v) is 4.04. The monoisotopic (exact) mass is 356 g/mol. The van der Waals surface area contributed by atoms with Crippen molar-refractivity contribution < 1.29 is 14.5 Å². The number of aromatic nitrogens is 1. The number of ether oxygens (including phenoxy) is 1. The van der Waals surface area contributed by atoms with Crippen LogP contribution in [-0.2, 0) is 4.74 Å². The minimum absolute atomic E-state index is 0.0250. The minimum Gasteiger partial charge on any atom is -0.444 e. The average molecular weight is 357 g/mol. The molecule has 9 heteroatoms. The molecule has 0 bridgehead atoms. The van der Waals surface area contributed by atoms with Gasteiger partial charge in [0.2, 0.25) is 5.15 Å². The standard InChI is InChI=1S/C15H21ClN4O4/c1-15(2,3)24-14(21)19(4)10-7-9(8-10)18-11-5-6-17-13(16)12(11)20(22)23/h5-6,9-10H,7-8H2,1-4H3,(H,17,18). The first-order valence-corrected chi connectivity index (χ1v) is 7.97. The van der Waals surface area contributed by atoms with Gasteiger partial charge in [-0.25, -0.2) is 9.78 Å². The molecule has 24 heavy (non-hydrogen) atoms. The van der Waals surface area contributed by atoms with Crippen LogP contribution in [0.1, 0.15) is 33.6 Å². The summed E-state index contributed by atoms with van der Waals surface area (Å²) >= 11 is 5.79. The molecule has 0 saturated heterocycles. The molecule has 1 aromatic heterocycles. The molecule has 1 saturated carbocycles. The van der Waals surface area contributed by atoms with Crippen LogP contribution >= 0.6 is 11.6 Å². The lowest BCUT2D eigenvalue weighted by Gasteiger charge is -2.41. The van der Waals surface area contributed by atoms with E-state index in [0.717, 1.165) is 0 Å². The summed E-state index contributed by atoms with van der Waals surface area (Å²) in [5.41, 5.74) is -0.437. The first-order chi connectivity index (χ1) is 11.1. The molecular formula is C15H21ClN4O4. The number of nitrogens with zero attached hydrogens (tertiary/aromatic N) is 3. The van der Waals surface area contributed by atoms with E-state index >= 15 is 0 Å². The number of carbonyl (C=O) groups is 1. The van der Waals surface area contributed by atoms with Crippen molar-refractivity contribution in [3.8, 4) is 0 Å². The van der Waals surface area contributed by atoms with Gasteiger partial charge in [-0.2, -0.15) is 0 Å². The molecule has 1 heterocycles. The highest BCUT2D eigenvalue weighted by atomic mass is 35.5. The van der Waals surface area contributed by atoms with Gasteiger partial charge in [0, 0.05) is 25.3 Å². The minimum atomic E-state index is -0.555. The summed E-state index contributed by atoms with van der Waals surface area (Å²) in [7, 11) is 1.70. The van der Waals surface area contributed by atoms with Crippen LogP contribution in [-0.4, -0.2) is 45.6 Å². The number of rotatable bonds is 4. The molecule has 0 spiro atoms. The lowest BCUT2D eigenvalue weighted by molar-refractivity contribution is -0.384. The lowest BCUT2D eigenvalue weighted by atomic mass is 9.85. The Morgan fingerprint density at radius 1 is 1.50 bits per heavy atom. The Morgan fingerprint density at radius 3 is 2.67 bits per heavy atom. The zero-order valence-electron chi connectivity index (χ0n) is 14.1. The van der Waals surface area contributed by atoms with Gasteiger partial charge in [-0.05, 0) is 39.7 Å². The second kappa shape index (κ2) is 6.80. The second-order valence-electron chi connectivity index (χ2n) is 6.81. The van der Waals surface area contributed by atoms with Crippen molar-refractivity contribution in [2.75, 3.05) is 12.4 Å². The predicted molar refractivity (Wildman–Crippen MR) is 90.3 cm³/mol. The molecule has 0 aliphatic heterocycles. The highest BCUT2D eigenvalue weighted by Gasteiger charge is 2.37. The van der Waals surface area contributed by atoms with Crippen LogP contribution in [0.25, 0.3) is 0 Å². The molecule has 0 atom stereocenters. The first-order valence-electron chi connectivity index (χ1n) is 7.59. The van der Waals surface area contributed by atoms with Gasteiger partial charge in [0.05, 0.1) is 4.92 Å². The van der Waals surface area contributed by atoms with E-state index in [-0.39, 0.29) is 29.0 Å². The third kappa shape index (κ3) is 4.25. The Balaban J connectivity index is 1.93. The van der Waals surface area contributed by atoms with Crippen LogP contribution in [0.3, 0.4) is 0 Å². The number of hydrogen-bond donors (Lipinski definition) is 1. The van der Waals surface area contributed by atoms with E-state index in [0.29, 0.717) is 18.5 Å². The van der Waals surface area contributed by atoms with Crippen molar-refractivity contribution in [3.63, 3.8) is 0 Å². The van der Waals surface area contributed by atoms with E-state index in [2.05, 4.69) is 10.3 Å². The van der Waals surface area contributed by atoms with Gasteiger partial charge in [0.25, 0.3) is 0 Å².